The highest BCUT2D eigenvalue weighted by molar-refractivity contribution is 7.81. The van der Waals surface area contributed by atoms with Gasteiger partial charge in [0.1, 0.15) is 5.75 Å². The number of benzene rings is 2. The molecule has 3 rings (SSSR count). The van der Waals surface area contributed by atoms with Crippen molar-refractivity contribution in [3.05, 3.63) is 52.8 Å². The first kappa shape index (κ1) is 15.7. The van der Waals surface area contributed by atoms with E-state index in [4.69, 9.17) is 21.1 Å². The average molecular weight is 349 g/mol. The van der Waals surface area contributed by atoms with Crippen LogP contribution in [-0.2, 0) is 22.6 Å². The highest BCUT2D eigenvalue weighted by atomic mass is 32.2. The van der Waals surface area contributed by atoms with Crippen LogP contribution in [0.25, 0.3) is 11.0 Å². The monoisotopic (exact) mass is 349 g/mol. The van der Waals surface area contributed by atoms with Gasteiger partial charge in [-0.15, -0.1) is 0 Å². The van der Waals surface area contributed by atoms with Gasteiger partial charge in [-0.2, -0.15) is 4.21 Å². The molecule has 3 N–H and O–H groups in total. The predicted octanol–water partition coefficient (Wildman–Crippen LogP) is 3.44. The van der Waals surface area contributed by atoms with Crippen molar-refractivity contribution in [2.45, 2.75) is 6.61 Å². The lowest BCUT2D eigenvalue weighted by molar-refractivity contribution is 0.185. The van der Waals surface area contributed by atoms with E-state index in [2.05, 4.69) is 14.7 Å². The maximum absolute atomic E-state index is 12.0. The average Bonchev–Trinajstić information content (AvgIpc) is 2.89. The highest BCUT2D eigenvalue weighted by Crippen LogP contribution is 2.19. The van der Waals surface area contributed by atoms with E-state index in [1.165, 1.54) is 0 Å². The summed E-state index contributed by atoms with van der Waals surface area (Å²) in [6, 6.07) is 12.7. The zero-order valence-electron chi connectivity index (χ0n) is 12.3. The van der Waals surface area contributed by atoms with Crippen molar-refractivity contribution in [1.82, 2.24) is 9.97 Å². The summed E-state index contributed by atoms with van der Waals surface area (Å²) in [5.41, 5.74) is 3.41. The highest BCUT2D eigenvalue weighted by Gasteiger charge is 2.05. The fourth-order valence-electron chi connectivity index (χ4n) is 2.10. The van der Waals surface area contributed by atoms with Crippen LogP contribution in [0.5, 0.6) is 5.75 Å². The van der Waals surface area contributed by atoms with E-state index in [1.54, 1.807) is 19.2 Å². The Bertz CT molecular complexity index is 887. The second-order valence-corrected chi connectivity index (χ2v) is 6.09. The second-order valence-electron chi connectivity index (χ2n) is 4.84. The smallest absolute Gasteiger partial charge is 0.316 e. The maximum Gasteiger partial charge on any atom is 0.316 e. The first-order chi connectivity index (χ1) is 11.1. The topological polar surface area (TPSA) is 79.1 Å². The molecule has 0 saturated heterocycles. The molecule has 6 nitrogen and oxygen atoms in total. The zero-order chi connectivity index (χ0) is 16.2. The molecule has 3 aromatic rings. The van der Waals surface area contributed by atoms with Gasteiger partial charge in [0.05, 0.1) is 17.6 Å². The number of nitrogens with one attached hydrogen (secondary N) is 3. The molecule has 1 aromatic heterocycles. The quantitative estimate of drug-likeness (QED) is 0.596. The molecule has 1 heterocycles. The molecule has 0 saturated carbocycles. The van der Waals surface area contributed by atoms with Crippen LogP contribution in [0.3, 0.4) is 0 Å². The number of anilines is 1. The summed E-state index contributed by atoms with van der Waals surface area (Å²) >= 11 is 3.33. The van der Waals surface area contributed by atoms with Gasteiger partial charge < -0.3 is 18.9 Å². The van der Waals surface area contributed by atoms with Crippen LogP contribution < -0.4 is 8.91 Å². The number of aromatic amines is 2. The second kappa shape index (κ2) is 6.95. The van der Waals surface area contributed by atoms with Crippen molar-refractivity contribution in [3.8, 4) is 5.75 Å². The SMILES string of the molecule is COCc1ccc(NS(=O)Oc2ccc3[nH]c(=S)[nH]c3c2)cc1. The molecule has 0 fully saturated rings. The number of fused-ring (bicyclic) bond motifs is 1. The van der Waals surface area contributed by atoms with Crippen LogP contribution >= 0.6 is 12.2 Å². The van der Waals surface area contributed by atoms with Gasteiger partial charge in [0.15, 0.2) is 4.77 Å². The van der Waals surface area contributed by atoms with Crippen molar-refractivity contribution in [1.29, 1.82) is 0 Å². The number of ether oxygens (including phenoxy) is 1. The molecule has 120 valence electrons. The summed E-state index contributed by atoms with van der Waals surface area (Å²) in [6.07, 6.45) is 0. The molecule has 0 aliphatic carbocycles. The molecule has 0 radical (unpaired) electrons. The predicted molar refractivity (Wildman–Crippen MR) is 93.0 cm³/mol. The Morgan fingerprint density at radius 1 is 1.13 bits per heavy atom. The van der Waals surface area contributed by atoms with Gasteiger partial charge in [-0.05, 0) is 42.0 Å². The Morgan fingerprint density at radius 2 is 1.87 bits per heavy atom. The Balaban J connectivity index is 1.66. The van der Waals surface area contributed by atoms with Gasteiger partial charge >= 0.3 is 11.3 Å². The molecule has 1 unspecified atom stereocenters. The van der Waals surface area contributed by atoms with Gasteiger partial charge in [0.25, 0.3) is 0 Å². The van der Waals surface area contributed by atoms with Gasteiger partial charge in [0, 0.05) is 18.9 Å². The number of H-pyrrole nitrogens is 2. The lowest BCUT2D eigenvalue weighted by atomic mass is 10.2. The first-order valence-electron chi connectivity index (χ1n) is 6.81. The Morgan fingerprint density at radius 3 is 2.61 bits per heavy atom. The number of imidazole rings is 1. The fourth-order valence-corrected chi connectivity index (χ4v) is 2.97. The number of hydrogen-bond acceptors (Lipinski definition) is 4. The molecule has 1 atom stereocenters. The summed E-state index contributed by atoms with van der Waals surface area (Å²) in [7, 11) is 1.64. The number of rotatable bonds is 6. The third kappa shape index (κ3) is 3.98. The maximum atomic E-state index is 12.0. The van der Waals surface area contributed by atoms with Crippen molar-refractivity contribution in [3.63, 3.8) is 0 Å². The minimum absolute atomic E-state index is 0.476. The van der Waals surface area contributed by atoms with E-state index in [9.17, 15) is 4.21 Å². The number of methoxy groups -OCH3 is 1. The van der Waals surface area contributed by atoms with E-state index >= 15 is 0 Å². The van der Waals surface area contributed by atoms with E-state index in [0.29, 0.717) is 22.8 Å². The molecular formula is C15H15N3O3S2. The normalized spacial score (nSPS) is 12.2. The third-order valence-corrected chi connectivity index (χ3v) is 4.08. The number of aromatic nitrogens is 2. The van der Waals surface area contributed by atoms with Gasteiger partial charge in [-0.3, -0.25) is 4.72 Å². The van der Waals surface area contributed by atoms with Crippen LogP contribution in [-0.4, -0.2) is 21.3 Å². The van der Waals surface area contributed by atoms with Crippen LogP contribution in [0.1, 0.15) is 5.56 Å². The molecule has 0 spiro atoms. The Labute approximate surface area is 140 Å². The van der Waals surface area contributed by atoms with E-state index in [-0.39, 0.29) is 0 Å². The van der Waals surface area contributed by atoms with Gasteiger partial charge in [0.2, 0.25) is 0 Å². The number of hydrogen-bond donors (Lipinski definition) is 3. The van der Waals surface area contributed by atoms with Crippen molar-refractivity contribution >= 4 is 40.2 Å². The van der Waals surface area contributed by atoms with E-state index in [0.717, 1.165) is 16.6 Å². The third-order valence-electron chi connectivity index (χ3n) is 3.13. The standard InChI is InChI=1S/C15H15N3O3S2/c1-20-9-10-2-4-11(5-3-10)18-23(19)21-12-6-7-13-14(8-12)17-15(22)16-13/h2-8,18H,9H2,1H3,(H2,16,17,22). The molecule has 8 heteroatoms. The molecule has 0 amide bonds. The summed E-state index contributed by atoms with van der Waals surface area (Å²) < 4.78 is 25.8. The summed E-state index contributed by atoms with van der Waals surface area (Å²) in [5, 5.41) is 0. The van der Waals surface area contributed by atoms with Crippen molar-refractivity contribution < 1.29 is 13.1 Å². The molecular weight excluding hydrogens is 334 g/mol. The van der Waals surface area contributed by atoms with E-state index < -0.39 is 11.3 Å². The minimum Gasteiger partial charge on any atom is -0.385 e. The summed E-state index contributed by atoms with van der Waals surface area (Å²) in [5.74, 6) is 0.476. The van der Waals surface area contributed by atoms with Crippen LogP contribution in [0.4, 0.5) is 5.69 Å². The summed E-state index contributed by atoms with van der Waals surface area (Å²) in [6.45, 7) is 0.540. The van der Waals surface area contributed by atoms with Crippen molar-refractivity contribution in [2.24, 2.45) is 0 Å². The first-order valence-corrected chi connectivity index (χ1v) is 8.29. The molecule has 0 aliphatic rings. The van der Waals surface area contributed by atoms with Crippen LogP contribution in [0.15, 0.2) is 42.5 Å². The largest absolute Gasteiger partial charge is 0.385 e. The molecule has 0 bridgehead atoms. The lowest BCUT2D eigenvalue weighted by Crippen LogP contribution is -2.11. The fraction of sp³-hybridized carbons (Fsp3) is 0.133. The molecule has 23 heavy (non-hydrogen) atoms. The summed E-state index contributed by atoms with van der Waals surface area (Å²) in [4.78, 5) is 5.98. The van der Waals surface area contributed by atoms with Gasteiger partial charge in [-0.25, -0.2) is 0 Å². The van der Waals surface area contributed by atoms with E-state index in [1.807, 2.05) is 30.3 Å². The molecule has 0 aliphatic heterocycles. The van der Waals surface area contributed by atoms with Crippen LogP contribution in [0.2, 0.25) is 0 Å². The van der Waals surface area contributed by atoms with Crippen molar-refractivity contribution in [2.75, 3.05) is 11.8 Å². The Kier molecular flexibility index (Phi) is 4.75. The lowest BCUT2D eigenvalue weighted by Gasteiger charge is -2.08. The minimum atomic E-state index is -1.70. The Hall–Kier alpha value is -2.16. The molecule has 2 aromatic carbocycles. The van der Waals surface area contributed by atoms with Crippen LogP contribution in [0, 0.1) is 4.77 Å². The van der Waals surface area contributed by atoms with Gasteiger partial charge in [-0.1, -0.05) is 12.1 Å². The zero-order valence-corrected chi connectivity index (χ0v) is 13.9.